The van der Waals surface area contributed by atoms with Crippen LogP contribution in [-0.2, 0) is 46.5 Å². The van der Waals surface area contributed by atoms with E-state index in [-0.39, 0.29) is 18.9 Å². The molecule has 0 spiro atoms. The lowest BCUT2D eigenvalue weighted by Gasteiger charge is -2.35. The lowest BCUT2D eigenvalue weighted by molar-refractivity contribution is -0.179. The fourth-order valence-electron chi connectivity index (χ4n) is 4.97. The highest BCUT2D eigenvalue weighted by Crippen LogP contribution is 2.21. The highest BCUT2D eigenvalue weighted by molar-refractivity contribution is 6.03. The second-order valence-electron chi connectivity index (χ2n) is 13.3. The van der Waals surface area contributed by atoms with E-state index in [0.717, 1.165) is 23.5 Å². The first-order chi connectivity index (χ1) is 23.6. The Morgan fingerprint density at radius 2 is 1.48 bits per heavy atom. The summed E-state index contributed by atoms with van der Waals surface area (Å²) in [5.41, 5.74) is 0.387. The third-order valence-electron chi connectivity index (χ3n) is 7.89. The standard InChI is InChI=1S/C37H53N3O10/c1-8-9-16-25(2)31(42)22-32(43)40(34(45)30(23-41)39(7)50-36(47)49-37(4,5)6)29(21-27-17-12-10-13-18-27)33(44)38-26(3)35(46)48-24-28-19-14-11-15-20-28/h10-15,17-20,25-26,29-31,41-42H,8-9,16,21-24H2,1-7H3,(H,38,44)/t25-,26+,29+,30-,31-/m0/s1. The Morgan fingerprint density at radius 3 is 2.02 bits per heavy atom. The Labute approximate surface area is 294 Å². The Hall–Kier alpha value is -4.33. The van der Waals surface area contributed by atoms with Gasteiger partial charge in [0.25, 0.3) is 5.91 Å². The number of unbranched alkanes of at least 4 members (excludes halogenated alkanes) is 1. The minimum Gasteiger partial charge on any atom is -0.459 e. The number of aliphatic hydroxyl groups is 2. The quantitative estimate of drug-likeness (QED) is 0.152. The molecule has 13 heteroatoms. The Bertz CT molecular complexity index is 1380. The van der Waals surface area contributed by atoms with Crippen LogP contribution >= 0.6 is 0 Å². The molecule has 0 saturated carbocycles. The van der Waals surface area contributed by atoms with Crippen molar-refractivity contribution in [2.45, 2.75) is 110 Å². The number of benzene rings is 2. The monoisotopic (exact) mass is 699 g/mol. The van der Waals surface area contributed by atoms with E-state index in [1.165, 1.54) is 14.0 Å². The number of hydrogen-bond acceptors (Lipinski definition) is 11. The van der Waals surface area contributed by atoms with Crippen molar-refractivity contribution in [3.63, 3.8) is 0 Å². The summed E-state index contributed by atoms with van der Waals surface area (Å²) in [7, 11) is 1.20. The van der Waals surface area contributed by atoms with E-state index in [9.17, 15) is 34.2 Å². The molecule has 0 unspecified atom stereocenters. The number of amides is 3. The van der Waals surface area contributed by atoms with Gasteiger partial charge in [-0.1, -0.05) is 87.4 Å². The number of carbonyl (C=O) groups is 5. The van der Waals surface area contributed by atoms with Crippen LogP contribution in [0.4, 0.5) is 4.79 Å². The number of ether oxygens (including phenoxy) is 2. The van der Waals surface area contributed by atoms with E-state index >= 15 is 0 Å². The summed E-state index contributed by atoms with van der Waals surface area (Å²) in [6.07, 6.45) is -0.688. The van der Waals surface area contributed by atoms with Gasteiger partial charge in [-0.25, -0.2) is 9.59 Å². The van der Waals surface area contributed by atoms with Crippen LogP contribution in [0.5, 0.6) is 0 Å². The zero-order valence-electron chi connectivity index (χ0n) is 30.2. The molecule has 13 nitrogen and oxygen atoms in total. The summed E-state index contributed by atoms with van der Waals surface area (Å²) in [4.78, 5) is 73.6. The SMILES string of the molecule is CCCC[C@H](C)[C@@H](O)CC(=O)N(C(=O)[C@H](CO)N(C)OC(=O)OC(C)(C)C)[C@H](Cc1ccccc1)C(=O)N[C@H](C)C(=O)OCc1ccccc1. The fourth-order valence-corrected chi connectivity index (χ4v) is 4.97. The molecule has 0 fully saturated rings. The Balaban J connectivity index is 2.49. The van der Waals surface area contributed by atoms with E-state index < -0.39 is 72.7 Å². The van der Waals surface area contributed by atoms with Crippen LogP contribution in [0.1, 0.15) is 78.4 Å². The number of carbonyl (C=O) groups excluding carboxylic acids is 5. The highest BCUT2D eigenvalue weighted by Gasteiger charge is 2.42. The first-order valence-electron chi connectivity index (χ1n) is 16.9. The van der Waals surface area contributed by atoms with Crippen molar-refractivity contribution in [1.82, 2.24) is 15.3 Å². The van der Waals surface area contributed by atoms with E-state index in [1.807, 2.05) is 13.0 Å². The van der Waals surface area contributed by atoms with Gasteiger partial charge in [-0.2, -0.15) is 0 Å². The number of nitrogens with one attached hydrogen (secondary N) is 1. The zero-order valence-corrected chi connectivity index (χ0v) is 30.2. The van der Waals surface area contributed by atoms with Crippen LogP contribution in [-0.4, -0.2) is 93.5 Å². The van der Waals surface area contributed by atoms with Gasteiger partial charge in [-0.3, -0.25) is 19.3 Å². The number of rotatable bonds is 18. The van der Waals surface area contributed by atoms with Crippen molar-refractivity contribution in [1.29, 1.82) is 0 Å². The summed E-state index contributed by atoms with van der Waals surface area (Å²) >= 11 is 0. The summed E-state index contributed by atoms with van der Waals surface area (Å²) in [5, 5.41) is 24.7. The molecule has 0 aliphatic carbocycles. The molecule has 3 N–H and O–H groups in total. The molecule has 50 heavy (non-hydrogen) atoms. The normalized spacial score (nSPS) is 14.4. The summed E-state index contributed by atoms with van der Waals surface area (Å²) < 4.78 is 10.5. The molecule has 0 radical (unpaired) electrons. The molecule has 2 aromatic carbocycles. The number of likely N-dealkylation sites (N-methyl/N-ethyl adjacent to an activating group) is 1. The molecular formula is C37H53N3O10. The molecule has 0 aromatic heterocycles. The molecule has 0 heterocycles. The van der Waals surface area contributed by atoms with E-state index in [0.29, 0.717) is 16.9 Å². The average molecular weight is 700 g/mol. The Kier molecular flexibility index (Phi) is 17.0. The lowest BCUT2D eigenvalue weighted by atomic mass is 9.94. The predicted octanol–water partition coefficient (Wildman–Crippen LogP) is 3.94. The van der Waals surface area contributed by atoms with Gasteiger partial charge in [-0.15, -0.1) is 5.06 Å². The molecule has 3 amide bonds. The molecule has 0 saturated heterocycles. The number of esters is 1. The number of hydroxylamine groups is 2. The second-order valence-corrected chi connectivity index (χ2v) is 13.3. The maximum absolute atomic E-state index is 14.3. The summed E-state index contributed by atoms with van der Waals surface area (Å²) in [6.45, 7) is 9.09. The van der Waals surface area contributed by atoms with Crippen LogP contribution in [0.3, 0.4) is 0 Å². The van der Waals surface area contributed by atoms with Crippen LogP contribution in [0, 0.1) is 5.92 Å². The molecule has 2 aromatic rings. The molecule has 5 atom stereocenters. The van der Waals surface area contributed by atoms with E-state index in [1.54, 1.807) is 82.3 Å². The van der Waals surface area contributed by atoms with Crippen molar-refractivity contribution in [3.8, 4) is 0 Å². The topological polar surface area (TPSA) is 172 Å². The van der Waals surface area contributed by atoms with Gasteiger partial charge < -0.3 is 29.8 Å². The van der Waals surface area contributed by atoms with E-state index in [2.05, 4.69) is 5.32 Å². The first-order valence-corrected chi connectivity index (χ1v) is 16.9. The molecule has 2 rings (SSSR count). The minimum absolute atomic E-state index is 0.0350. The predicted molar refractivity (Wildman–Crippen MR) is 185 cm³/mol. The van der Waals surface area contributed by atoms with Crippen molar-refractivity contribution >= 4 is 29.8 Å². The Morgan fingerprint density at radius 1 is 0.900 bits per heavy atom. The van der Waals surface area contributed by atoms with Crippen LogP contribution < -0.4 is 5.32 Å². The average Bonchev–Trinajstić information content (AvgIpc) is 3.05. The van der Waals surface area contributed by atoms with Gasteiger partial charge in [0.05, 0.1) is 19.1 Å². The zero-order chi connectivity index (χ0) is 37.4. The molecule has 0 aliphatic heterocycles. The van der Waals surface area contributed by atoms with Gasteiger partial charge in [0.1, 0.15) is 30.3 Å². The van der Waals surface area contributed by atoms with Crippen LogP contribution in [0.2, 0.25) is 0 Å². The summed E-state index contributed by atoms with van der Waals surface area (Å²) in [6, 6.07) is 13.2. The van der Waals surface area contributed by atoms with Gasteiger partial charge in [-0.05, 0) is 51.2 Å². The first kappa shape index (κ1) is 41.8. The van der Waals surface area contributed by atoms with Crippen molar-refractivity contribution in [2.24, 2.45) is 5.92 Å². The van der Waals surface area contributed by atoms with Gasteiger partial charge in [0.15, 0.2) is 0 Å². The van der Waals surface area contributed by atoms with Crippen molar-refractivity contribution < 1.29 is 48.5 Å². The number of aliphatic hydroxyl groups excluding tert-OH is 2. The highest BCUT2D eigenvalue weighted by atomic mass is 16.8. The molecule has 0 aliphatic rings. The number of imide groups is 1. The van der Waals surface area contributed by atoms with Gasteiger partial charge >= 0.3 is 12.1 Å². The van der Waals surface area contributed by atoms with Gasteiger partial charge in [0, 0.05) is 13.5 Å². The van der Waals surface area contributed by atoms with Crippen molar-refractivity contribution in [3.05, 3.63) is 71.8 Å². The number of nitrogens with zero attached hydrogens (tertiary/aromatic N) is 2. The second kappa shape index (κ2) is 20.4. The molecule has 276 valence electrons. The largest absolute Gasteiger partial charge is 0.528 e. The lowest BCUT2D eigenvalue weighted by Crippen LogP contribution is -2.60. The van der Waals surface area contributed by atoms with E-state index in [4.69, 9.17) is 14.3 Å². The molecular weight excluding hydrogens is 646 g/mol. The summed E-state index contributed by atoms with van der Waals surface area (Å²) in [5.74, 6) is -3.88. The fraction of sp³-hybridized carbons (Fsp3) is 0.541. The van der Waals surface area contributed by atoms with Crippen LogP contribution in [0.15, 0.2) is 60.7 Å². The van der Waals surface area contributed by atoms with Crippen LogP contribution in [0.25, 0.3) is 0 Å². The van der Waals surface area contributed by atoms with Crippen molar-refractivity contribution in [2.75, 3.05) is 13.7 Å². The minimum atomic E-state index is -1.65. The third kappa shape index (κ3) is 13.9. The molecule has 0 bridgehead atoms. The maximum atomic E-state index is 14.3. The van der Waals surface area contributed by atoms with Gasteiger partial charge in [0.2, 0.25) is 11.8 Å². The maximum Gasteiger partial charge on any atom is 0.528 e. The number of hydrogen-bond donors (Lipinski definition) is 3. The third-order valence-corrected chi connectivity index (χ3v) is 7.89. The smallest absolute Gasteiger partial charge is 0.459 e.